The predicted molar refractivity (Wildman–Crippen MR) is 99.9 cm³/mol. The van der Waals surface area contributed by atoms with Crippen molar-refractivity contribution >= 4 is 23.2 Å². The van der Waals surface area contributed by atoms with Gasteiger partial charge >= 0.3 is 0 Å². The highest BCUT2D eigenvalue weighted by atomic mass is 16.5. The van der Waals surface area contributed by atoms with Gasteiger partial charge in [-0.15, -0.1) is 0 Å². The molecule has 3 rings (SSSR count). The largest absolute Gasteiger partial charge is 0.497 e. The number of methoxy groups -OCH3 is 2. The molecule has 1 aliphatic heterocycles. The normalized spacial score (nSPS) is 12.9. The van der Waals surface area contributed by atoms with Gasteiger partial charge in [-0.2, -0.15) is 0 Å². The van der Waals surface area contributed by atoms with E-state index < -0.39 is 0 Å². The number of para-hydroxylation sites is 1. The highest BCUT2D eigenvalue weighted by Gasteiger charge is 2.24. The van der Waals surface area contributed by atoms with Gasteiger partial charge in [0.1, 0.15) is 17.9 Å². The summed E-state index contributed by atoms with van der Waals surface area (Å²) in [7, 11) is 3.07. The molecule has 0 unspecified atom stereocenters. The molecule has 0 fully saturated rings. The van der Waals surface area contributed by atoms with E-state index in [1.165, 1.54) is 7.11 Å². The molecule has 1 heterocycles. The van der Waals surface area contributed by atoms with Crippen LogP contribution in [0.2, 0.25) is 0 Å². The molecule has 0 bridgehead atoms. The van der Waals surface area contributed by atoms with Crippen molar-refractivity contribution in [1.82, 2.24) is 0 Å². The van der Waals surface area contributed by atoms with Gasteiger partial charge in [0.15, 0.2) is 0 Å². The predicted octanol–water partition coefficient (Wildman–Crippen LogP) is 3.01. The van der Waals surface area contributed by atoms with Crippen molar-refractivity contribution in [2.24, 2.45) is 0 Å². The monoisotopic (exact) mass is 354 g/mol. The molecule has 0 spiro atoms. The smallest absolute Gasteiger partial charge is 0.236 e. The number of fused-ring (bicyclic) bond motifs is 1. The molecule has 136 valence electrons. The minimum Gasteiger partial charge on any atom is -0.497 e. The van der Waals surface area contributed by atoms with Crippen LogP contribution in [0.1, 0.15) is 18.4 Å². The average molecular weight is 354 g/mol. The van der Waals surface area contributed by atoms with Gasteiger partial charge in [-0.1, -0.05) is 18.2 Å². The molecule has 0 atom stereocenters. The molecule has 0 radical (unpaired) electrons. The van der Waals surface area contributed by atoms with Gasteiger partial charge < -0.3 is 19.7 Å². The highest BCUT2D eigenvalue weighted by molar-refractivity contribution is 6.09. The van der Waals surface area contributed by atoms with Crippen molar-refractivity contribution in [2.45, 2.75) is 19.3 Å². The molecule has 2 amide bonds. The SMILES string of the molecule is COc1ccc(OC)c(NC(=O)CC(=O)N2CCCc3ccccc32)c1. The van der Waals surface area contributed by atoms with Crippen LogP contribution in [0.25, 0.3) is 0 Å². The van der Waals surface area contributed by atoms with Crippen LogP contribution in [-0.4, -0.2) is 32.6 Å². The third-order valence-corrected chi connectivity index (χ3v) is 4.40. The first-order chi connectivity index (χ1) is 12.6. The van der Waals surface area contributed by atoms with Crippen molar-refractivity contribution in [3.8, 4) is 11.5 Å². The molecular formula is C20H22N2O4. The molecule has 6 nitrogen and oxygen atoms in total. The lowest BCUT2D eigenvalue weighted by Gasteiger charge is -2.29. The summed E-state index contributed by atoms with van der Waals surface area (Å²) in [5.74, 6) is 0.508. The zero-order valence-corrected chi connectivity index (χ0v) is 15.0. The van der Waals surface area contributed by atoms with Crippen LogP contribution in [0.3, 0.4) is 0 Å². The molecular weight excluding hydrogens is 332 g/mol. The standard InChI is InChI=1S/C20H22N2O4/c1-25-15-9-10-18(26-2)16(12-15)21-19(23)13-20(24)22-11-5-7-14-6-3-4-8-17(14)22/h3-4,6,8-10,12H,5,7,11,13H2,1-2H3,(H,21,23). The Bertz CT molecular complexity index is 819. The van der Waals surface area contributed by atoms with E-state index in [1.54, 1.807) is 30.2 Å². The molecule has 0 aromatic heterocycles. The summed E-state index contributed by atoms with van der Waals surface area (Å²) < 4.78 is 10.4. The molecule has 0 saturated carbocycles. The summed E-state index contributed by atoms with van der Waals surface area (Å²) in [6, 6.07) is 12.9. The lowest BCUT2D eigenvalue weighted by molar-refractivity contribution is -0.125. The van der Waals surface area contributed by atoms with Gasteiger partial charge in [0.2, 0.25) is 11.8 Å². The summed E-state index contributed by atoms with van der Waals surface area (Å²) in [6.45, 7) is 0.631. The van der Waals surface area contributed by atoms with Gasteiger partial charge in [0.05, 0.1) is 19.9 Å². The molecule has 1 N–H and O–H groups in total. The fourth-order valence-corrected chi connectivity index (χ4v) is 3.13. The molecule has 2 aromatic rings. The summed E-state index contributed by atoms with van der Waals surface area (Å²) in [6.07, 6.45) is 1.62. The number of carbonyl (C=O) groups is 2. The Balaban J connectivity index is 1.70. The third-order valence-electron chi connectivity index (χ3n) is 4.40. The van der Waals surface area contributed by atoms with E-state index in [-0.39, 0.29) is 18.2 Å². The number of nitrogens with one attached hydrogen (secondary N) is 1. The minimum absolute atomic E-state index is 0.212. The van der Waals surface area contributed by atoms with Gasteiger partial charge in [0, 0.05) is 18.3 Å². The first-order valence-corrected chi connectivity index (χ1v) is 8.52. The van der Waals surface area contributed by atoms with Crippen LogP contribution in [0, 0.1) is 0 Å². The molecule has 1 aliphatic rings. The van der Waals surface area contributed by atoms with E-state index in [0.29, 0.717) is 23.7 Å². The van der Waals surface area contributed by atoms with E-state index in [1.807, 2.05) is 24.3 Å². The van der Waals surface area contributed by atoms with Crippen LogP contribution in [0.4, 0.5) is 11.4 Å². The minimum atomic E-state index is -0.385. The Hall–Kier alpha value is -3.02. The quantitative estimate of drug-likeness (QED) is 0.838. The first kappa shape index (κ1) is 17.8. The molecule has 26 heavy (non-hydrogen) atoms. The Morgan fingerprint density at radius 1 is 1.12 bits per heavy atom. The number of rotatable bonds is 5. The lowest BCUT2D eigenvalue weighted by Crippen LogP contribution is -2.37. The van der Waals surface area contributed by atoms with E-state index in [2.05, 4.69) is 5.32 Å². The summed E-state index contributed by atoms with van der Waals surface area (Å²) in [4.78, 5) is 26.7. The number of hydrogen-bond acceptors (Lipinski definition) is 4. The van der Waals surface area contributed by atoms with Crippen molar-refractivity contribution in [3.63, 3.8) is 0 Å². The molecule has 0 saturated heterocycles. The summed E-state index contributed by atoms with van der Waals surface area (Å²) in [5.41, 5.74) is 2.51. The van der Waals surface area contributed by atoms with Crippen molar-refractivity contribution in [1.29, 1.82) is 0 Å². The van der Waals surface area contributed by atoms with Gasteiger partial charge in [-0.05, 0) is 36.6 Å². The third kappa shape index (κ3) is 3.79. The van der Waals surface area contributed by atoms with E-state index in [4.69, 9.17) is 9.47 Å². The van der Waals surface area contributed by atoms with Crippen LogP contribution >= 0.6 is 0 Å². The zero-order chi connectivity index (χ0) is 18.5. The second-order valence-electron chi connectivity index (χ2n) is 6.07. The summed E-state index contributed by atoms with van der Waals surface area (Å²) in [5, 5.41) is 2.74. The number of anilines is 2. The Kier molecular flexibility index (Phi) is 5.41. The Morgan fingerprint density at radius 2 is 1.92 bits per heavy atom. The fraction of sp³-hybridized carbons (Fsp3) is 0.300. The number of amides is 2. The average Bonchev–Trinajstić information content (AvgIpc) is 2.67. The Morgan fingerprint density at radius 3 is 2.69 bits per heavy atom. The van der Waals surface area contributed by atoms with Crippen molar-refractivity contribution < 1.29 is 19.1 Å². The van der Waals surface area contributed by atoms with Crippen LogP contribution in [0.15, 0.2) is 42.5 Å². The van der Waals surface area contributed by atoms with Crippen LogP contribution in [-0.2, 0) is 16.0 Å². The number of benzene rings is 2. The number of hydrogen-bond donors (Lipinski definition) is 1. The molecule has 0 aliphatic carbocycles. The van der Waals surface area contributed by atoms with Gasteiger partial charge in [-0.25, -0.2) is 0 Å². The fourth-order valence-electron chi connectivity index (χ4n) is 3.13. The van der Waals surface area contributed by atoms with E-state index in [9.17, 15) is 9.59 Å². The molecule has 2 aromatic carbocycles. The van der Waals surface area contributed by atoms with Crippen molar-refractivity contribution in [3.05, 3.63) is 48.0 Å². The maximum atomic E-state index is 12.6. The number of carbonyl (C=O) groups excluding carboxylic acids is 2. The van der Waals surface area contributed by atoms with E-state index >= 15 is 0 Å². The zero-order valence-electron chi connectivity index (χ0n) is 15.0. The van der Waals surface area contributed by atoms with Crippen LogP contribution in [0.5, 0.6) is 11.5 Å². The topological polar surface area (TPSA) is 67.9 Å². The second-order valence-corrected chi connectivity index (χ2v) is 6.07. The number of aryl methyl sites for hydroxylation is 1. The van der Waals surface area contributed by atoms with E-state index in [0.717, 1.165) is 24.1 Å². The highest BCUT2D eigenvalue weighted by Crippen LogP contribution is 2.30. The van der Waals surface area contributed by atoms with Crippen LogP contribution < -0.4 is 19.7 Å². The maximum Gasteiger partial charge on any atom is 0.236 e. The maximum absolute atomic E-state index is 12.6. The number of ether oxygens (including phenoxy) is 2. The lowest BCUT2D eigenvalue weighted by atomic mass is 10.0. The number of nitrogens with zero attached hydrogens (tertiary/aromatic N) is 1. The van der Waals surface area contributed by atoms with Crippen molar-refractivity contribution in [2.75, 3.05) is 31.0 Å². The second kappa shape index (κ2) is 7.91. The van der Waals surface area contributed by atoms with Gasteiger partial charge in [0.25, 0.3) is 0 Å². The molecule has 6 heteroatoms. The Labute approximate surface area is 152 Å². The van der Waals surface area contributed by atoms with Gasteiger partial charge in [-0.3, -0.25) is 9.59 Å². The summed E-state index contributed by atoms with van der Waals surface area (Å²) >= 11 is 0. The first-order valence-electron chi connectivity index (χ1n) is 8.52.